The van der Waals surface area contributed by atoms with Crippen LogP contribution in [0.3, 0.4) is 0 Å². The molecule has 9 nitrogen and oxygen atoms in total. The lowest BCUT2D eigenvalue weighted by molar-refractivity contribution is -0.132. The molecule has 1 fully saturated rings. The summed E-state index contributed by atoms with van der Waals surface area (Å²) in [5.74, 6) is -0.338. The van der Waals surface area contributed by atoms with E-state index < -0.39 is 5.54 Å². The molecule has 2 aliphatic heterocycles. The molecule has 9 heteroatoms. The SMILES string of the molecule is CC(C)CCNC(=O)[C@@]1(C)Cn2nc(C(=O)NCCN3CCCCC3)cc2C(=O)N1C. The zero-order valence-corrected chi connectivity index (χ0v) is 19.2. The van der Waals surface area contributed by atoms with Crippen LogP contribution in [0, 0.1) is 5.92 Å². The predicted molar refractivity (Wildman–Crippen MR) is 118 cm³/mol. The normalized spacial score (nSPS) is 21.8. The smallest absolute Gasteiger partial charge is 0.272 e. The Kier molecular flexibility index (Phi) is 7.35. The van der Waals surface area contributed by atoms with Crippen molar-refractivity contribution in [3.63, 3.8) is 0 Å². The molecular weight excluding hydrogens is 396 g/mol. The Labute approximate surface area is 184 Å². The van der Waals surface area contributed by atoms with E-state index in [9.17, 15) is 14.4 Å². The molecule has 3 amide bonds. The summed E-state index contributed by atoms with van der Waals surface area (Å²) in [6.07, 6.45) is 4.57. The second-order valence-corrected chi connectivity index (χ2v) is 9.31. The van der Waals surface area contributed by atoms with Crippen LogP contribution in [0.5, 0.6) is 0 Å². The number of aromatic nitrogens is 2. The lowest BCUT2D eigenvalue weighted by Gasteiger charge is -2.40. The van der Waals surface area contributed by atoms with Crippen molar-refractivity contribution >= 4 is 17.7 Å². The molecular formula is C22H36N6O3. The van der Waals surface area contributed by atoms with Crippen LogP contribution in [0.25, 0.3) is 0 Å². The van der Waals surface area contributed by atoms with Gasteiger partial charge in [0.15, 0.2) is 5.69 Å². The number of hydrogen-bond donors (Lipinski definition) is 2. The molecule has 1 saturated heterocycles. The molecule has 0 unspecified atom stereocenters. The van der Waals surface area contributed by atoms with Crippen LogP contribution in [0.4, 0.5) is 0 Å². The van der Waals surface area contributed by atoms with Crippen molar-refractivity contribution in [3.05, 3.63) is 17.5 Å². The monoisotopic (exact) mass is 432 g/mol. The molecule has 3 heterocycles. The van der Waals surface area contributed by atoms with E-state index in [0.717, 1.165) is 26.1 Å². The second-order valence-electron chi connectivity index (χ2n) is 9.31. The number of carbonyl (C=O) groups excluding carboxylic acids is 3. The van der Waals surface area contributed by atoms with Crippen LogP contribution in [0.15, 0.2) is 6.07 Å². The first-order valence-electron chi connectivity index (χ1n) is 11.4. The number of likely N-dealkylation sites (tertiary alicyclic amines) is 1. The van der Waals surface area contributed by atoms with Gasteiger partial charge in [-0.3, -0.25) is 19.1 Å². The molecule has 2 N–H and O–H groups in total. The van der Waals surface area contributed by atoms with Crippen LogP contribution >= 0.6 is 0 Å². The number of nitrogens with zero attached hydrogens (tertiary/aromatic N) is 4. The fraction of sp³-hybridized carbons (Fsp3) is 0.727. The number of nitrogens with one attached hydrogen (secondary N) is 2. The zero-order chi connectivity index (χ0) is 22.6. The van der Waals surface area contributed by atoms with Crippen molar-refractivity contribution in [2.45, 2.75) is 58.5 Å². The van der Waals surface area contributed by atoms with Crippen LogP contribution in [0.1, 0.15) is 67.4 Å². The maximum Gasteiger partial charge on any atom is 0.272 e. The van der Waals surface area contributed by atoms with Crippen molar-refractivity contribution in [2.24, 2.45) is 5.92 Å². The van der Waals surface area contributed by atoms with Crippen molar-refractivity contribution in [3.8, 4) is 0 Å². The summed E-state index contributed by atoms with van der Waals surface area (Å²) < 4.78 is 1.49. The van der Waals surface area contributed by atoms with Gasteiger partial charge in [-0.15, -0.1) is 0 Å². The van der Waals surface area contributed by atoms with Crippen LogP contribution in [-0.2, 0) is 11.3 Å². The summed E-state index contributed by atoms with van der Waals surface area (Å²) in [5.41, 5.74) is -0.522. The van der Waals surface area contributed by atoms with Gasteiger partial charge < -0.3 is 20.4 Å². The summed E-state index contributed by atoms with van der Waals surface area (Å²) in [4.78, 5) is 42.2. The van der Waals surface area contributed by atoms with E-state index in [-0.39, 0.29) is 30.0 Å². The van der Waals surface area contributed by atoms with Crippen LogP contribution in [-0.4, -0.2) is 82.6 Å². The van der Waals surface area contributed by atoms with Gasteiger partial charge in [-0.2, -0.15) is 5.10 Å². The predicted octanol–water partition coefficient (Wildman–Crippen LogP) is 1.11. The number of amides is 3. The average molecular weight is 433 g/mol. The molecule has 0 aliphatic carbocycles. The lowest BCUT2D eigenvalue weighted by Crippen LogP contribution is -2.62. The summed E-state index contributed by atoms with van der Waals surface area (Å²) in [5, 5.41) is 10.2. The molecule has 0 bridgehead atoms. The van der Waals surface area contributed by atoms with E-state index in [0.29, 0.717) is 24.7 Å². The quantitative estimate of drug-likeness (QED) is 0.641. The Morgan fingerprint density at radius 3 is 2.55 bits per heavy atom. The summed E-state index contributed by atoms with van der Waals surface area (Å²) >= 11 is 0. The molecule has 1 aromatic rings. The highest BCUT2D eigenvalue weighted by molar-refractivity contribution is 6.01. The van der Waals surface area contributed by atoms with Gasteiger partial charge in [-0.25, -0.2) is 0 Å². The minimum atomic E-state index is -1.06. The third-order valence-corrected chi connectivity index (χ3v) is 6.39. The minimum absolute atomic E-state index is 0.207. The Bertz CT molecular complexity index is 814. The number of rotatable bonds is 8. The molecule has 1 aromatic heterocycles. The highest BCUT2D eigenvalue weighted by Crippen LogP contribution is 2.26. The van der Waals surface area contributed by atoms with E-state index in [1.807, 2.05) is 0 Å². The van der Waals surface area contributed by atoms with Gasteiger partial charge in [0.1, 0.15) is 11.2 Å². The first-order valence-corrected chi connectivity index (χ1v) is 11.4. The zero-order valence-electron chi connectivity index (χ0n) is 19.2. The molecule has 0 aromatic carbocycles. The number of fused-ring (bicyclic) bond motifs is 1. The van der Waals surface area contributed by atoms with Gasteiger partial charge in [-0.05, 0) is 45.2 Å². The Morgan fingerprint density at radius 1 is 1.16 bits per heavy atom. The standard InChI is InChI=1S/C22H36N6O3/c1-16(2)8-9-24-21(31)22(3)15-28-18(20(30)26(22)4)14-17(25-28)19(29)23-10-13-27-11-6-5-7-12-27/h14,16H,5-13,15H2,1-4H3,(H,23,29)(H,24,31)/t22-/m1/s1. The topological polar surface area (TPSA) is 99.6 Å². The van der Waals surface area contributed by atoms with Crippen LogP contribution < -0.4 is 10.6 Å². The Morgan fingerprint density at radius 2 is 1.87 bits per heavy atom. The highest BCUT2D eigenvalue weighted by atomic mass is 16.2. The highest BCUT2D eigenvalue weighted by Gasteiger charge is 2.46. The lowest BCUT2D eigenvalue weighted by atomic mass is 9.95. The second kappa shape index (κ2) is 9.80. The maximum absolute atomic E-state index is 12.9. The average Bonchev–Trinajstić information content (AvgIpc) is 3.16. The number of hydrogen-bond acceptors (Lipinski definition) is 5. The summed E-state index contributed by atoms with van der Waals surface area (Å²) in [6.45, 7) is 10.2. The minimum Gasteiger partial charge on any atom is -0.354 e. The molecule has 0 saturated carbocycles. The summed E-state index contributed by atoms with van der Waals surface area (Å²) in [7, 11) is 1.62. The molecule has 0 spiro atoms. The van der Waals surface area contributed by atoms with Crippen molar-refractivity contribution in [1.29, 1.82) is 0 Å². The molecule has 3 rings (SSSR count). The fourth-order valence-electron chi connectivity index (χ4n) is 4.10. The largest absolute Gasteiger partial charge is 0.354 e. The van der Waals surface area contributed by atoms with Gasteiger partial charge in [0.25, 0.3) is 11.8 Å². The fourth-order valence-corrected chi connectivity index (χ4v) is 4.10. The van der Waals surface area contributed by atoms with Crippen molar-refractivity contribution in [2.75, 3.05) is 39.8 Å². The van der Waals surface area contributed by atoms with E-state index in [1.165, 1.54) is 34.9 Å². The molecule has 0 radical (unpaired) electrons. The summed E-state index contributed by atoms with van der Waals surface area (Å²) in [6, 6.07) is 1.52. The van der Waals surface area contributed by atoms with Gasteiger partial charge in [0, 0.05) is 32.7 Å². The van der Waals surface area contributed by atoms with E-state index in [1.54, 1.807) is 14.0 Å². The first-order chi connectivity index (χ1) is 14.7. The van der Waals surface area contributed by atoms with E-state index in [2.05, 4.69) is 34.5 Å². The molecule has 1 atom stereocenters. The van der Waals surface area contributed by atoms with Crippen LogP contribution in [0.2, 0.25) is 0 Å². The number of piperidine rings is 1. The van der Waals surface area contributed by atoms with Gasteiger partial charge in [-0.1, -0.05) is 20.3 Å². The molecule has 2 aliphatic rings. The van der Waals surface area contributed by atoms with E-state index in [4.69, 9.17) is 0 Å². The maximum atomic E-state index is 12.9. The number of likely N-dealkylation sites (N-methyl/N-ethyl adjacent to an activating group) is 1. The third kappa shape index (κ3) is 5.26. The first kappa shape index (κ1) is 23.2. The van der Waals surface area contributed by atoms with Crippen molar-refractivity contribution < 1.29 is 14.4 Å². The van der Waals surface area contributed by atoms with Gasteiger partial charge in [0.2, 0.25) is 5.91 Å². The van der Waals surface area contributed by atoms with Gasteiger partial charge in [0.05, 0.1) is 6.54 Å². The number of carbonyl (C=O) groups is 3. The Balaban J connectivity index is 1.63. The molecule has 31 heavy (non-hydrogen) atoms. The molecule has 172 valence electrons. The third-order valence-electron chi connectivity index (χ3n) is 6.39. The van der Waals surface area contributed by atoms with Crippen molar-refractivity contribution in [1.82, 2.24) is 30.2 Å². The Hall–Kier alpha value is -2.42. The van der Waals surface area contributed by atoms with E-state index >= 15 is 0 Å². The van der Waals surface area contributed by atoms with Gasteiger partial charge >= 0.3 is 0 Å².